The second kappa shape index (κ2) is 7.14. The Hall–Kier alpha value is -1.26. The number of hydrogen-bond acceptors (Lipinski definition) is 3. The number of ether oxygens (including phenoxy) is 1. The summed E-state index contributed by atoms with van der Waals surface area (Å²) >= 11 is 5.86. The monoisotopic (exact) mass is 311 g/mol. The van der Waals surface area contributed by atoms with Gasteiger partial charge < -0.3 is 14.7 Å². The van der Waals surface area contributed by atoms with E-state index in [4.69, 9.17) is 16.3 Å². The maximum absolute atomic E-state index is 12.0. The molecule has 0 aliphatic heterocycles. The van der Waals surface area contributed by atoms with Crippen LogP contribution in [0.15, 0.2) is 24.3 Å². The van der Waals surface area contributed by atoms with E-state index in [9.17, 15) is 9.90 Å². The van der Waals surface area contributed by atoms with Crippen molar-refractivity contribution in [3.8, 4) is 5.75 Å². The Bertz CT molecular complexity index is 486. The number of carbonyl (C=O) groups is 1. The number of carbonyl (C=O) groups excluding carboxylic acids is 1. The van der Waals surface area contributed by atoms with E-state index in [1.807, 2.05) is 0 Å². The Kier molecular flexibility index (Phi) is 5.48. The predicted molar refractivity (Wildman–Crippen MR) is 82.6 cm³/mol. The summed E-state index contributed by atoms with van der Waals surface area (Å²) in [5.74, 6) is 0.643. The molecule has 0 saturated heterocycles. The summed E-state index contributed by atoms with van der Waals surface area (Å²) in [5, 5.41) is 10.9. The molecule has 1 aromatic carbocycles. The molecule has 1 saturated carbocycles. The van der Waals surface area contributed by atoms with Crippen LogP contribution in [0.2, 0.25) is 5.02 Å². The van der Waals surface area contributed by atoms with Gasteiger partial charge in [-0.25, -0.2) is 0 Å². The van der Waals surface area contributed by atoms with Gasteiger partial charge in [0.1, 0.15) is 5.75 Å². The molecule has 21 heavy (non-hydrogen) atoms. The van der Waals surface area contributed by atoms with Crippen LogP contribution in [0.5, 0.6) is 5.75 Å². The Labute approximate surface area is 130 Å². The van der Waals surface area contributed by atoms with Crippen molar-refractivity contribution in [2.75, 3.05) is 20.2 Å². The average molecular weight is 312 g/mol. The summed E-state index contributed by atoms with van der Waals surface area (Å²) in [6.45, 7) is 0.713. The van der Waals surface area contributed by atoms with E-state index in [-0.39, 0.29) is 5.91 Å². The van der Waals surface area contributed by atoms with Crippen LogP contribution < -0.4 is 4.74 Å². The van der Waals surface area contributed by atoms with Crippen LogP contribution in [0.4, 0.5) is 0 Å². The number of benzene rings is 1. The van der Waals surface area contributed by atoms with Gasteiger partial charge in [0.25, 0.3) is 0 Å². The number of rotatable bonds is 6. The Morgan fingerprint density at radius 3 is 2.81 bits per heavy atom. The molecular weight excluding hydrogens is 290 g/mol. The summed E-state index contributed by atoms with van der Waals surface area (Å²) in [7, 11) is 1.73. The van der Waals surface area contributed by atoms with Crippen LogP contribution in [0.3, 0.4) is 0 Å². The summed E-state index contributed by atoms with van der Waals surface area (Å²) in [6.07, 6.45) is 3.93. The first-order valence-corrected chi connectivity index (χ1v) is 7.71. The Morgan fingerprint density at radius 2 is 2.14 bits per heavy atom. The lowest BCUT2D eigenvalue weighted by Crippen LogP contribution is -2.42. The maximum atomic E-state index is 12.0. The number of amides is 1. The van der Waals surface area contributed by atoms with Gasteiger partial charge in [-0.2, -0.15) is 0 Å². The largest absolute Gasteiger partial charge is 0.493 e. The number of nitrogens with zero attached hydrogens (tertiary/aromatic N) is 1. The van der Waals surface area contributed by atoms with E-state index in [1.165, 1.54) is 0 Å². The molecule has 0 bridgehead atoms. The van der Waals surface area contributed by atoms with Crippen LogP contribution in [-0.4, -0.2) is 41.7 Å². The highest BCUT2D eigenvalue weighted by Gasteiger charge is 2.33. The van der Waals surface area contributed by atoms with Crippen LogP contribution in [0.1, 0.15) is 32.1 Å². The molecule has 0 heterocycles. The van der Waals surface area contributed by atoms with Crippen LogP contribution in [0, 0.1) is 0 Å². The summed E-state index contributed by atoms with van der Waals surface area (Å²) < 4.78 is 5.51. The minimum atomic E-state index is -0.696. The van der Waals surface area contributed by atoms with Crippen molar-refractivity contribution in [1.29, 1.82) is 0 Å². The minimum Gasteiger partial charge on any atom is -0.493 e. The van der Waals surface area contributed by atoms with Gasteiger partial charge in [-0.1, -0.05) is 30.5 Å². The molecule has 5 heteroatoms. The molecule has 0 aromatic heterocycles. The van der Waals surface area contributed by atoms with Crippen molar-refractivity contribution >= 4 is 17.5 Å². The second-order valence-electron chi connectivity index (χ2n) is 5.74. The highest BCUT2D eigenvalue weighted by atomic mass is 35.5. The van der Waals surface area contributed by atoms with E-state index in [2.05, 4.69) is 0 Å². The van der Waals surface area contributed by atoms with Crippen molar-refractivity contribution in [2.24, 2.45) is 0 Å². The lowest BCUT2D eigenvalue weighted by molar-refractivity contribution is -0.133. The number of halogens is 1. The highest BCUT2D eigenvalue weighted by Crippen LogP contribution is 2.30. The first-order valence-electron chi connectivity index (χ1n) is 7.33. The van der Waals surface area contributed by atoms with E-state index < -0.39 is 5.60 Å². The fourth-order valence-corrected chi connectivity index (χ4v) is 2.90. The standard InChI is InChI=1S/C16H22ClNO3/c1-18(12-16(20)8-2-3-9-16)15(19)7-10-21-14-6-4-5-13(17)11-14/h4-6,11,20H,2-3,7-10,12H2,1H3. The molecule has 2 rings (SSSR count). The molecule has 0 radical (unpaired) electrons. The summed E-state index contributed by atoms with van der Waals surface area (Å²) in [5.41, 5.74) is -0.696. The molecule has 1 N–H and O–H groups in total. The SMILES string of the molecule is CN(CC1(O)CCCC1)C(=O)CCOc1cccc(Cl)c1. The molecule has 116 valence electrons. The fourth-order valence-electron chi connectivity index (χ4n) is 2.72. The van der Waals surface area contributed by atoms with Gasteiger partial charge in [0.05, 0.1) is 18.6 Å². The van der Waals surface area contributed by atoms with E-state index in [1.54, 1.807) is 36.2 Å². The molecule has 1 aliphatic rings. The van der Waals surface area contributed by atoms with Crippen molar-refractivity contribution < 1.29 is 14.6 Å². The lowest BCUT2D eigenvalue weighted by atomic mass is 10.0. The third kappa shape index (κ3) is 4.90. The topological polar surface area (TPSA) is 49.8 Å². The van der Waals surface area contributed by atoms with Crippen molar-refractivity contribution in [3.63, 3.8) is 0 Å². The summed E-state index contributed by atoms with van der Waals surface area (Å²) in [4.78, 5) is 13.6. The van der Waals surface area contributed by atoms with Gasteiger partial charge in [-0.05, 0) is 31.0 Å². The number of hydrogen-bond donors (Lipinski definition) is 1. The quantitative estimate of drug-likeness (QED) is 0.879. The van der Waals surface area contributed by atoms with E-state index in [0.29, 0.717) is 30.3 Å². The Balaban J connectivity index is 1.73. The second-order valence-corrected chi connectivity index (χ2v) is 6.17. The number of aliphatic hydroxyl groups is 1. The zero-order valence-corrected chi connectivity index (χ0v) is 13.1. The van der Waals surface area contributed by atoms with Crippen molar-refractivity contribution in [1.82, 2.24) is 4.90 Å². The first kappa shape index (κ1) is 16.1. The molecule has 0 spiro atoms. The van der Waals surface area contributed by atoms with Gasteiger partial charge in [0, 0.05) is 18.6 Å². The summed E-state index contributed by atoms with van der Waals surface area (Å²) in [6, 6.07) is 7.11. The van der Waals surface area contributed by atoms with Gasteiger partial charge >= 0.3 is 0 Å². The van der Waals surface area contributed by atoms with Gasteiger partial charge in [0.2, 0.25) is 5.91 Å². The molecule has 0 atom stereocenters. The van der Waals surface area contributed by atoms with Crippen molar-refractivity contribution in [3.05, 3.63) is 29.3 Å². The molecule has 1 aliphatic carbocycles. The maximum Gasteiger partial charge on any atom is 0.225 e. The zero-order chi connectivity index (χ0) is 15.3. The van der Waals surface area contributed by atoms with Crippen LogP contribution in [0.25, 0.3) is 0 Å². The average Bonchev–Trinajstić information content (AvgIpc) is 2.85. The molecule has 0 unspecified atom stereocenters. The first-order chi connectivity index (χ1) is 9.98. The molecule has 1 fully saturated rings. The number of likely N-dealkylation sites (N-methyl/N-ethyl adjacent to an activating group) is 1. The van der Waals surface area contributed by atoms with Gasteiger partial charge in [0.15, 0.2) is 0 Å². The normalized spacial score (nSPS) is 16.7. The third-order valence-electron chi connectivity index (χ3n) is 3.87. The van der Waals surface area contributed by atoms with Crippen LogP contribution >= 0.6 is 11.6 Å². The Morgan fingerprint density at radius 1 is 1.43 bits per heavy atom. The van der Waals surface area contributed by atoms with E-state index >= 15 is 0 Å². The predicted octanol–water partition coefficient (Wildman–Crippen LogP) is 2.87. The van der Waals surface area contributed by atoms with Crippen molar-refractivity contribution in [2.45, 2.75) is 37.7 Å². The molecular formula is C16H22ClNO3. The fraction of sp³-hybridized carbons (Fsp3) is 0.562. The van der Waals surface area contributed by atoms with E-state index in [0.717, 1.165) is 25.7 Å². The lowest BCUT2D eigenvalue weighted by Gasteiger charge is -2.28. The minimum absolute atomic E-state index is 0.0163. The molecule has 1 amide bonds. The van der Waals surface area contributed by atoms with Gasteiger partial charge in [-0.15, -0.1) is 0 Å². The smallest absolute Gasteiger partial charge is 0.225 e. The zero-order valence-electron chi connectivity index (χ0n) is 12.3. The van der Waals surface area contributed by atoms with Crippen LogP contribution in [-0.2, 0) is 4.79 Å². The van der Waals surface area contributed by atoms with Gasteiger partial charge in [-0.3, -0.25) is 4.79 Å². The molecule has 4 nitrogen and oxygen atoms in total. The highest BCUT2D eigenvalue weighted by molar-refractivity contribution is 6.30. The third-order valence-corrected chi connectivity index (χ3v) is 4.11. The molecule has 1 aromatic rings.